The number of hydrogen-bond acceptors (Lipinski definition) is 8. The molecule has 196 valence electrons. The minimum atomic E-state index is -0.344. The topological polar surface area (TPSA) is 137 Å². The Hall–Kier alpha value is -3.44. The molecule has 1 atom stereocenters. The zero-order chi connectivity index (χ0) is 25.9. The van der Waals surface area contributed by atoms with E-state index in [2.05, 4.69) is 36.6 Å². The van der Waals surface area contributed by atoms with Gasteiger partial charge >= 0.3 is 0 Å². The maximum Gasteiger partial charge on any atom is 0.276 e. The van der Waals surface area contributed by atoms with Crippen LogP contribution < -0.4 is 26.6 Å². The molecule has 5 N–H and O–H groups in total. The van der Waals surface area contributed by atoms with Crippen molar-refractivity contribution in [3.8, 4) is 0 Å². The molecular weight excluding hydrogens is 494 g/mol. The second-order valence-corrected chi connectivity index (χ2v) is 10.2. The lowest BCUT2D eigenvalue weighted by molar-refractivity contribution is -0.123. The average Bonchev–Trinajstić information content (AvgIpc) is 3.59. The summed E-state index contributed by atoms with van der Waals surface area (Å²) in [7, 11) is 1.78. The molecule has 0 saturated heterocycles. The number of carbonyl (C=O) groups is 2. The number of hydrogen-bond donors (Lipinski definition) is 5. The predicted octanol–water partition coefficient (Wildman–Crippen LogP) is 3.05. The maximum atomic E-state index is 13.1. The van der Waals surface area contributed by atoms with E-state index in [0.29, 0.717) is 34.0 Å². The zero-order valence-electron chi connectivity index (χ0n) is 20.9. The number of fused-ring (bicyclic) bond motifs is 1. The summed E-state index contributed by atoms with van der Waals surface area (Å²) in [5.74, 6) is 0.358. The lowest BCUT2D eigenvalue weighted by atomic mass is 9.91. The van der Waals surface area contributed by atoms with E-state index in [9.17, 15) is 9.59 Å². The molecule has 37 heavy (non-hydrogen) atoms. The molecule has 2 aliphatic rings. The minimum Gasteiger partial charge on any atom is -0.379 e. The monoisotopic (exact) mass is 525 g/mol. The number of aromatic nitrogens is 4. The van der Waals surface area contributed by atoms with Crippen LogP contribution in [0, 0.1) is 0 Å². The largest absolute Gasteiger partial charge is 0.379 e. The zero-order valence-corrected chi connectivity index (χ0v) is 21.7. The van der Waals surface area contributed by atoms with Gasteiger partial charge in [0.2, 0.25) is 5.91 Å². The van der Waals surface area contributed by atoms with E-state index in [4.69, 9.17) is 16.7 Å². The van der Waals surface area contributed by atoms with Crippen LogP contribution in [0.25, 0.3) is 5.65 Å². The molecule has 2 saturated carbocycles. The summed E-state index contributed by atoms with van der Waals surface area (Å²) >= 11 is 5.96. The third-order valence-corrected chi connectivity index (χ3v) is 7.08. The van der Waals surface area contributed by atoms with E-state index in [1.165, 1.54) is 12.4 Å². The van der Waals surface area contributed by atoms with Crippen molar-refractivity contribution in [1.82, 2.24) is 30.2 Å². The van der Waals surface area contributed by atoms with Crippen molar-refractivity contribution in [2.75, 3.05) is 23.0 Å². The molecule has 0 radical (unpaired) electrons. The molecule has 0 bridgehead atoms. The van der Waals surface area contributed by atoms with Crippen molar-refractivity contribution in [2.45, 2.75) is 69.6 Å². The number of amides is 2. The first kappa shape index (κ1) is 25.2. The Morgan fingerprint density at radius 2 is 1.73 bits per heavy atom. The van der Waals surface area contributed by atoms with Gasteiger partial charge in [0.05, 0.1) is 17.9 Å². The summed E-state index contributed by atoms with van der Waals surface area (Å²) in [6.07, 6.45) is 8.87. The molecule has 0 aliphatic heterocycles. The highest BCUT2D eigenvalue weighted by atomic mass is 35.5. The highest BCUT2D eigenvalue weighted by Gasteiger charge is 2.27. The second kappa shape index (κ2) is 10.9. The first-order valence-electron chi connectivity index (χ1n) is 12.7. The van der Waals surface area contributed by atoms with E-state index in [0.717, 1.165) is 44.2 Å². The number of nitrogens with zero attached hydrogens (tertiary/aromatic N) is 4. The van der Waals surface area contributed by atoms with Crippen LogP contribution in [0.2, 0.25) is 5.15 Å². The molecule has 3 aromatic heterocycles. The van der Waals surface area contributed by atoms with E-state index < -0.39 is 0 Å². The Balaban J connectivity index is 1.31. The average molecular weight is 526 g/mol. The highest BCUT2D eigenvalue weighted by Crippen LogP contribution is 2.30. The summed E-state index contributed by atoms with van der Waals surface area (Å²) in [6, 6.07) is 5.82. The fourth-order valence-electron chi connectivity index (χ4n) is 4.47. The molecule has 5 rings (SSSR count). The lowest BCUT2D eigenvalue weighted by Crippen LogP contribution is -2.47. The quantitative estimate of drug-likeness (QED) is 0.269. The maximum absolute atomic E-state index is 13.1. The molecule has 2 fully saturated rings. The van der Waals surface area contributed by atoms with Crippen LogP contribution in [0.5, 0.6) is 0 Å². The molecule has 2 amide bonds. The van der Waals surface area contributed by atoms with Crippen molar-refractivity contribution in [3.05, 3.63) is 41.4 Å². The Labute approximate surface area is 220 Å². The van der Waals surface area contributed by atoms with Gasteiger partial charge in [-0.1, -0.05) is 11.6 Å². The van der Waals surface area contributed by atoms with Crippen LogP contribution in [-0.4, -0.2) is 62.6 Å². The number of likely N-dealkylation sites (N-methyl/N-ethyl adjacent to an activating group) is 1. The number of nitrogens with one attached hydrogen (secondary N) is 5. The number of rotatable bonds is 9. The molecule has 2 aliphatic carbocycles. The van der Waals surface area contributed by atoms with Crippen LogP contribution in [0.4, 0.5) is 17.2 Å². The summed E-state index contributed by atoms with van der Waals surface area (Å²) < 4.78 is 1.58. The Kier molecular flexibility index (Phi) is 7.43. The second-order valence-electron chi connectivity index (χ2n) is 9.77. The molecule has 3 aromatic rings. The SMILES string of the molecule is CN[C@@H](C)C(=O)NC1CCC(Nc2cc(NC3CC3)c3ncc(C(=O)Nc4ccnc(Cl)c4)n3n2)CC1. The van der Waals surface area contributed by atoms with E-state index in [-0.39, 0.29) is 29.9 Å². The van der Waals surface area contributed by atoms with Gasteiger partial charge in [0.25, 0.3) is 5.91 Å². The smallest absolute Gasteiger partial charge is 0.276 e. The third kappa shape index (κ3) is 6.11. The van der Waals surface area contributed by atoms with Crippen LogP contribution in [0.3, 0.4) is 0 Å². The molecule has 12 heteroatoms. The van der Waals surface area contributed by atoms with Crippen molar-refractivity contribution >= 4 is 46.3 Å². The van der Waals surface area contributed by atoms with Gasteiger partial charge in [0, 0.05) is 36.1 Å². The lowest BCUT2D eigenvalue weighted by Gasteiger charge is -2.30. The summed E-state index contributed by atoms with van der Waals surface area (Å²) in [4.78, 5) is 33.7. The molecule has 0 unspecified atom stereocenters. The first-order valence-corrected chi connectivity index (χ1v) is 13.1. The standard InChI is InChI=1S/C25H32ClN9O2/c1-14(27-2)24(36)32-17-7-5-16(6-8-17)31-22-12-19(30-15-3-4-15)23-29-13-20(35(23)34-22)25(37)33-18-9-10-28-21(26)11-18/h9-17,27,30H,3-8H2,1-2H3,(H,31,34)(H,32,36)(H,28,33,37)/t14-,16?,17?/m0/s1. The Morgan fingerprint density at radius 3 is 2.43 bits per heavy atom. The number of halogens is 1. The molecule has 11 nitrogen and oxygen atoms in total. The van der Waals surface area contributed by atoms with Crippen molar-refractivity contribution in [1.29, 1.82) is 0 Å². The van der Waals surface area contributed by atoms with E-state index >= 15 is 0 Å². The van der Waals surface area contributed by atoms with Crippen molar-refractivity contribution in [2.24, 2.45) is 0 Å². The van der Waals surface area contributed by atoms with Gasteiger partial charge in [-0.3, -0.25) is 9.59 Å². The van der Waals surface area contributed by atoms with Gasteiger partial charge in [-0.05, 0) is 64.6 Å². The summed E-state index contributed by atoms with van der Waals surface area (Å²) in [6.45, 7) is 1.86. The fourth-order valence-corrected chi connectivity index (χ4v) is 4.65. The van der Waals surface area contributed by atoms with Gasteiger partial charge in [0.1, 0.15) is 11.0 Å². The fraction of sp³-hybridized carbons (Fsp3) is 0.480. The summed E-state index contributed by atoms with van der Waals surface area (Å²) in [5.41, 5.74) is 2.29. The molecule has 0 spiro atoms. The van der Waals surface area contributed by atoms with Crippen LogP contribution in [0.15, 0.2) is 30.6 Å². The summed E-state index contributed by atoms with van der Waals surface area (Å²) in [5, 5.41) is 21.0. The molecular formula is C25H32ClN9O2. The minimum absolute atomic E-state index is 0.0294. The normalized spacial score (nSPS) is 20.3. The van der Waals surface area contributed by atoms with Gasteiger partial charge in [-0.15, -0.1) is 5.10 Å². The van der Waals surface area contributed by atoms with Crippen molar-refractivity contribution < 1.29 is 9.59 Å². The van der Waals surface area contributed by atoms with Crippen LogP contribution in [0.1, 0.15) is 55.9 Å². The van der Waals surface area contributed by atoms with Gasteiger partial charge in [-0.2, -0.15) is 0 Å². The first-order chi connectivity index (χ1) is 17.9. The van der Waals surface area contributed by atoms with Crippen LogP contribution in [-0.2, 0) is 4.79 Å². The number of pyridine rings is 1. The van der Waals surface area contributed by atoms with Gasteiger partial charge in [-0.25, -0.2) is 14.5 Å². The van der Waals surface area contributed by atoms with E-state index in [1.807, 2.05) is 13.0 Å². The number of anilines is 3. The highest BCUT2D eigenvalue weighted by molar-refractivity contribution is 6.29. The predicted molar refractivity (Wildman–Crippen MR) is 143 cm³/mol. The van der Waals surface area contributed by atoms with E-state index in [1.54, 1.807) is 23.7 Å². The van der Waals surface area contributed by atoms with Gasteiger partial charge in [0.15, 0.2) is 11.3 Å². The number of carbonyl (C=O) groups excluding carboxylic acids is 2. The molecule has 3 heterocycles. The molecule has 0 aromatic carbocycles. The van der Waals surface area contributed by atoms with Crippen molar-refractivity contribution in [3.63, 3.8) is 0 Å². The Bertz CT molecular complexity index is 1280. The Morgan fingerprint density at radius 1 is 1.03 bits per heavy atom. The van der Waals surface area contributed by atoms with Crippen LogP contribution >= 0.6 is 11.6 Å². The third-order valence-electron chi connectivity index (χ3n) is 6.87. The number of imidazole rings is 1. The van der Waals surface area contributed by atoms with Gasteiger partial charge < -0.3 is 26.6 Å².